The molecule has 0 unspecified atom stereocenters. The fourth-order valence-corrected chi connectivity index (χ4v) is 4.54. The molecule has 7 heteroatoms. The van der Waals surface area contributed by atoms with Crippen LogP contribution in [0.15, 0.2) is 41.0 Å². The van der Waals surface area contributed by atoms with Crippen LogP contribution in [0.1, 0.15) is 29.8 Å². The van der Waals surface area contributed by atoms with Gasteiger partial charge in [-0.1, -0.05) is 0 Å². The largest absolute Gasteiger partial charge is 0.451 e. The van der Waals surface area contributed by atoms with Crippen LogP contribution < -0.4 is 5.32 Å². The summed E-state index contributed by atoms with van der Waals surface area (Å²) in [5.41, 5.74) is 2.49. The first-order valence-corrected chi connectivity index (χ1v) is 9.47. The molecule has 0 saturated carbocycles. The minimum absolute atomic E-state index is 0.285. The number of nitrogens with one attached hydrogen (secondary N) is 1. The lowest BCUT2D eigenvalue weighted by Gasteiger charge is -2.18. The first-order valence-electron chi connectivity index (χ1n) is 7.60. The SMILES string of the molecule is CC1(C)OC(=O)c2ccc(Nc3ncc4cc(I)cc(Br)c4n3)cc21. The van der Waals surface area contributed by atoms with Crippen LogP contribution in [-0.2, 0) is 10.3 Å². The van der Waals surface area contributed by atoms with Crippen molar-refractivity contribution in [2.24, 2.45) is 0 Å². The number of benzene rings is 2. The lowest BCUT2D eigenvalue weighted by atomic mass is 9.95. The second kappa shape index (κ2) is 5.91. The Bertz CT molecular complexity index is 1040. The van der Waals surface area contributed by atoms with Gasteiger partial charge in [0.15, 0.2) is 0 Å². The number of nitrogens with zero attached hydrogens (tertiary/aromatic N) is 2. The van der Waals surface area contributed by atoms with Crippen LogP contribution in [0.25, 0.3) is 10.9 Å². The van der Waals surface area contributed by atoms with Crippen LogP contribution in [0, 0.1) is 3.57 Å². The van der Waals surface area contributed by atoms with Gasteiger partial charge in [-0.05, 0) is 82.7 Å². The van der Waals surface area contributed by atoms with Crippen LogP contribution in [0.3, 0.4) is 0 Å². The minimum Gasteiger partial charge on any atom is -0.451 e. The molecule has 0 amide bonds. The minimum atomic E-state index is -0.631. The molecule has 2 aromatic carbocycles. The molecule has 4 rings (SSSR count). The molecule has 0 spiro atoms. The number of hydrogen-bond acceptors (Lipinski definition) is 5. The van der Waals surface area contributed by atoms with E-state index in [2.05, 4.69) is 53.8 Å². The molecule has 0 atom stereocenters. The highest BCUT2D eigenvalue weighted by Gasteiger charge is 2.37. The summed E-state index contributed by atoms with van der Waals surface area (Å²) in [7, 11) is 0. The number of hydrogen-bond donors (Lipinski definition) is 1. The molecule has 1 aliphatic rings. The van der Waals surface area contributed by atoms with Gasteiger partial charge < -0.3 is 10.1 Å². The average Bonchev–Trinajstić information content (AvgIpc) is 2.77. The van der Waals surface area contributed by atoms with Crippen LogP contribution in [0.5, 0.6) is 0 Å². The van der Waals surface area contributed by atoms with Crippen molar-refractivity contribution in [3.63, 3.8) is 0 Å². The third-order valence-corrected chi connectivity index (χ3v) is 5.32. The van der Waals surface area contributed by atoms with E-state index in [4.69, 9.17) is 4.74 Å². The Morgan fingerprint density at radius 3 is 2.84 bits per heavy atom. The van der Waals surface area contributed by atoms with Crippen molar-refractivity contribution in [2.75, 3.05) is 5.32 Å². The lowest BCUT2D eigenvalue weighted by molar-refractivity contribution is 0.00955. The lowest BCUT2D eigenvalue weighted by Crippen LogP contribution is -2.16. The van der Waals surface area contributed by atoms with E-state index in [0.717, 1.165) is 30.2 Å². The molecule has 126 valence electrons. The number of halogens is 2. The van der Waals surface area contributed by atoms with Crippen molar-refractivity contribution >= 4 is 67.0 Å². The summed E-state index contributed by atoms with van der Waals surface area (Å²) in [6, 6.07) is 9.56. The van der Waals surface area contributed by atoms with E-state index < -0.39 is 5.60 Å². The smallest absolute Gasteiger partial charge is 0.339 e. The summed E-state index contributed by atoms with van der Waals surface area (Å²) in [5, 5.41) is 4.18. The second-order valence-corrected chi connectivity index (χ2v) is 8.40. The van der Waals surface area contributed by atoms with Crippen molar-refractivity contribution in [1.82, 2.24) is 9.97 Å². The van der Waals surface area contributed by atoms with E-state index in [9.17, 15) is 4.79 Å². The van der Waals surface area contributed by atoms with E-state index in [1.54, 1.807) is 12.3 Å². The fraction of sp³-hybridized carbons (Fsp3) is 0.167. The topological polar surface area (TPSA) is 64.1 Å². The van der Waals surface area contributed by atoms with Crippen LogP contribution >= 0.6 is 38.5 Å². The Labute approximate surface area is 166 Å². The van der Waals surface area contributed by atoms with Crippen molar-refractivity contribution in [2.45, 2.75) is 19.4 Å². The zero-order valence-electron chi connectivity index (χ0n) is 13.4. The van der Waals surface area contributed by atoms with E-state index in [1.165, 1.54) is 0 Å². The Balaban J connectivity index is 1.72. The van der Waals surface area contributed by atoms with Crippen LogP contribution in [0.4, 0.5) is 11.6 Å². The molecule has 5 nitrogen and oxygen atoms in total. The summed E-state index contributed by atoms with van der Waals surface area (Å²) in [6.45, 7) is 3.76. The van der Waals surface area contributed by atoms with Crippen LogP contribution in [-0.4, -0.2) is 15.9 Å². The first kappa shape index (κ1) is 16.7. The number of esters is 1. The van der Waals surface area contributed by atoms with Gasteiger partial charge in [-0.2, -0.15) is 0 Å². The van der Waals surface area contributed by atoms with E-state index in [0.29, 0.717) is 11.5 Å². The van der Waals surface area contributed by atoms with Gasteiger partial charge in [-0.25, -0.2) is 14.8 Å². The molecular weight excluding hydrogens is 497 g/mol. The predicted molar refractivity (Wildman–Crippen MR) is 108 cm³/mol. The molecule has 1 N–H and O–H groups in total. The zero-order valence-corrected chi connectivity index (χ0v) is 17.2. The molecule has 0 bridgehead atoms. The van der Waals surface area contributed by atoms with E-state index >= 15 is 0 Å². The Morgan fingerprint density at radius 1 is 1.24 bits per heavy atom. The first-order chi connectivity index (χ1) is 11.8. The van der Waals surface area contributed by atoms with Crippen molar-refractivity contribution in [3.05, 3.63) is 55.7 Å². The molecule has 0 saturated heterocycles. The van der Waals surface area contributed by atoms with Gasteiger partial charge in [0.25, 0.3) is 0 Å². The maximum atomic E-state index is 11.9. The van der Waals surface area contributed by atoms with E-state index in [-0.39, 0.29) is 5.97 Å². The molecular formula is C18H13BrIN3O2. The number of fused-ring (bicyclic) bond motifs is 2. The molecule has 0 aliphatic carbocycles. The normalized spacial score (nSPS) is 15.1. The number of cyclic esters (lactones) is 1. The Hall–Kier alpha value is -1.74. The zero-order chi connectivity index (χ0) is 17.8. The maximum absolute atomic E-state index is 11.9. The monoisotopic (exact) mass is 509 g/mol. The molecule has 1 aliphatic heterocycles. The molecule has 1 aromatic heterocycles. The summed E-state index contributed by atoms with van der Waals surface area (Å²) >= 11 is 5.81. The van der Waals surface area contributed by atoms with Gasteiger partial charge in [0.05, 0.1) is 11.1 Å². The van der Waals surface area contributed by atoms with Crippen LogP contribution in [0.2, 0.25) is 0 Å². The summed E-state index contributed by atoms with van der Waals surface area (Å²) in [4.78, 5) is 20.9. The highest BCUT2D eigenvalue weighted by Crippen LogP contribution is 2.37. The van der Waals surface area contributed by atoms with Gasteiger partial charge in [0.1, 0.15) is 5.60 Å². The number of rotatable bonds is 2. The highest BCUT2D eigenvalue weighted by molar-refractivity contribution is 14.1. The molecule has 2 heterocycles. The Morgan fingerprint density at radius 2 is 2.04 bits per heavy atom. The number of anilines is 2. The van der Waals surface area contributed by atoms with Gasteiger partial charge in [0, 0.05) is 30.9 Å². The van der Waals surface area contributed by atoms with Gasteiger partial charge in [0.2, 0.25) is 5.95 Å². The number of carbonyl (C=O) groups is 1. The molecule has 3 aromatic rings. The van der Waals surface area contributed by atoms with Crippen molar-refractivity contribution in [3.8, 4) is 0 Å². The van der Waals surface area contributed by atoms with Crippen molar-refractivity contribution in [1.29, 1.82) is 0 Å². The summed E-state index contributed by atoms with van der Waals surface area (Å²) in [5.74, 6) is 0.212. The third kappa shape index (κ3) is 2.99. The molecule has 0 fully saturated rings. The fourth-order valence-electron chi connectivity index (χ4n) is 2.90. The van der Waals surface area contributed by atoms with Gasteiger partial charge >= 0.3 is 5.97 Å². The maximum Gasteiger partial charge on any atom is 0.339 e. The predicted octanol–water partition coefficient (Wildman–Crippen LogP) is 5.15. The summed E-state index contributed by atoms with van der Waals surface area (Å²) in [6.07, 6.45) is 1.79. The number of ether oxygens (including phenoxy) is 1. The summed E-state index contributed by atoms with van der Waals surface area (Å²) < 4.78 is 7.45. The molecule has 0 radical (unpaired) electrons. The Kier molecular flexibility index (Phi) is 3.95. The average molecular weight is 510 g/mol. The quantitative estimate of drug-likeness (QED) is 0.382. The van der Waals surface area contributed by atoms with Gasteiger partial charge in [-0.3, -0.25) is 0 Å². The second-order valence-electron chi connectivity index (χ2n) is 6.30. The standard InChI is InChI=1S/C18H13BrIN3O2/c1-18(2)13-7-11(3-4-12(13)16(24)25-18)22-17-21-8-9-5-10(20)6-14(19)15(9)23-17/h3-8H,1-2H3,(H,21,22,23). The van der Waals surface area contributed by atoms with E-state index in [1.807, 2.05) is 38.1 Å². The van der Waals surface area contributed by atoms with Crippen molar-refractivity contribution < 1.29 is 9.53 Å². The number of carbonyl (C=O) groups excluding carboxylic acids is 1. The highest BCUT2D eigenvalue weighted by atomic mass is 127. The van der Waals surface area contributed by atoms with Gasteiger partial charge in [-0.15, -0.1) is 0 Å². The third-order valence-electron chi connectivity index (χ3n) is 4.09. The number of aromatic nitrogens is 2. The molecule has 25 heavy (non-hydrogen) atoms.